The SMILES string of the molecule is COC(=O)/C=C(/Nc1cc(F)ccc1OCC1CCCO1)C(=O)OC. The minimum absolute atomic E-state index is 0.0245. The molecule has 0 radical (unpaired) electrons. The summed E-state index contributed by atoms with van der Waals surface area (Å²) in [6.45, 7) is 0.992. The summed E-state index contributed by atoms with van der Waals surface area (Å²) >= 11 is 0. The largest absolute Gasteiger partial charge is 0.489 e. The summed E-state index contributed by atoms with van der Waals surface area (Å²) in [7, 11) is 2.33. The van der Waals surface area contributed by atoms with Gasteiger partial charge in [0, 0.05) is 12.7 Å². The van der Waals surface area contributed by atoms with Crippen molar-refractivity contribution in [3.05, 3.63) is 35.8 Å². The number of nitrogens with one attached hydrogen (secondary N) is 1. The van der Waals surface area contributed by atoms with E-state index in [-0.39, 0.29) is 17.5 Å². The monoisotopic (exact) mass is 353 g/mol. The van der Waals surface area contributed by atoms with E-state index in [0.29, 0.717) is 19.0 Å². The normalized spacial score (nSPS) is 17.1. The van der Waals surface area contributed by atoms with Gasteiger partial charge in [-0.05, 0) is 25.0 Å². The topological polar surface area (TPSA) is 83.1 Å². The molecule has 0 spiro atoms. The van der Waals surface area contributed by atoms with Gasteiger partial charge in [-0.15, -0.1) is 0 Å². The van der Waals surface area contributed by atoms with Crippen LogP contribution in [0, 0.1) is 5.82 Å². The number of ether oxygens (including phenoxy) is 4. The van der Waals surface area contributed by atoms with Gasteiger partial charge >= 0.3 is 11.9 Å². The van der Waals surface area contributed by atoms with Gasteiger partial charge in [-0.1, -0.05) is 0 Å². The third kappa shape index (κ3) is 5.46. The van der Waals surface area contributed by atoms with Crippen LogP contribution in [0.2, 0.25) is 0 Å². The van der Waals surface area contributed by atoms with Crippen LogP contribution in [0.25, 0.3) is 0 Å². The fourth-order valence-corrected chi connectivity index (χ4v) is 2.26. The van der Waals surface area contributed by atoms with Gasteiger partial charge in [0.1, 0.15) is 23.9 Å². The van der Waals surface area contributed by atoms with Crippen LogP contribution < -0.4 is 10.1 Å². The summed E-state index contributed by atoms with van der Waals surface area (Å²) in [5, 5.41) is 2.66. The summed E-state index contributed by atoms with van der Waals surface area (Å²) in [6.07, 6.45) is 2.75. The van der Waals surface area contributed by atoms with Crippen molar-refractivity contribution >= 4 is 17.6 Å². The zero-order chi connectivity index (χ0) is 18.2. The van der Waals surface area contributed by atoms with Crippen molar-refractivity contribution < 1.29 is 32.9 Å². The lowest BCUT2D eigenvalue weighted by Crippen LogP contribution is -2.18. The first-order chi connectivity index (χ1) is 12.0. The molecule has 1 saturated heterocycles. The molecule has 8 heteroatoms. The maximum absolute atomic E-state index is 13.6. The highest BCUT2D eigenvalue weighted by Crippen LogP contribution is 2.28. The summed E-state index contributed by atoms with van der Waals surface area (Å²) in [6, 6.07) is 3.82. The van der Waals surface area contributed by atoms with Gasteiger partial charge in [-0.3, -0.25) is 0 Å². The van der Waals surface area contributed by atoms with Crippen LogP contribution >= 0.6 is 0 Å². The molecule has 0 aliphatic carbocycles. The molecular formula is C17H20FNO6. The van der Waals surface area contributed by atoms with E-state index >= 15 is 0 Å². The molecule has 1 atom stereocenters. The number of carbonyl (C=O) groups excluding carboxylic acids is 2. The number of hydrogen-bond acceptors (Lipinski definition) is 7. The number of hydrogen-bond donors (Lipinski definition) is 1. The standard InChI is InChI=1S/C17H20FNO6/c1-22-16(20)9-14(17(21)23-2)19-13-8-11(18)5-6-15(13)25-10-12-4-3-7-24-12/h5-6,8-9,12,19H,3-4,7,10H2,1-2H3/b14-9+. The Morgan fingerprint density at radius 3 is 2.80 bits per heavy atom. The first-order valence-electron chi connectivity index (χ1n) is 7.72. The highest BCUT2D eigenvalue weighted by atomic mass is 19.1. The lowest BCUT2D eigenvalue weighted by molar-refractivity contribution is -0.138. The van der Waals surface area contributed by atoms with Crippen molar-refractivity contribution in [2.24, 2.45) is 0 Å². The Bertz CT molecular complexity index is 655. The summed E-state index contributed by atoms with van der Waals surface area (Å²) in [4.78, 5) is 23.2. The van der Waals surface area contributed by atoms with E-state index in [9.17, 15) is 14.0 Å². The van der Waals surface area contributed by atoms with Crippen molar-refractivity contribution in [1.82, 2.24) is 0 Å². The second-order valence-electron chi connectivity index (χ2n) is 5.28. The number of esters is 2. The van der Waals surface area contributed by atoms with Crippen LogP contribution in [-0.4, -0.2) is 45.5 Å². The van der Waals surface area contributed by atoms with Gasteiger partial charge in [0.25, 0.3) is 0 Å². The van der Waals surface area contributed by atoms with Crippen LogP contribution in [0.4, 0.5) is 10.1 Å². The van der Waals surface area contributed by atoms with Gasteiger partial charge in [0.05, 0.1) is 32.1 Å². The van der Waals surface area contributed by atoms with Gasteiger partial charge < -0.3 is 24.3 Å². The molecule has 136 valence electrons. The molecule has 1 fully saturated rings. The number of anilines is 1. The van der Waals surface area contributed by atoms with Crippen molar-refractivity contribution in [2.75, 3.05) is 32.8 Å². The van der Waals surface area contributed by atoms with E-state index in [1.807, 2.05) is 0 Å². The van der Waals surface area contributed by atoms with Crippen LogP contribution in [0.3, 0.4) is 0 Å². The van der Waals surface area contributed by atoms with E-state index in [4.69, 9.17) is 9.47 Å². The molecule has 1 aromatic carbocycles. The van der Waals surface area contributed by atoms with Crippen molar-refractivity contribution in [3.63, 3.8) is 0 Å². The molecule has 1 unspecified atom stereocenters. The predicted molar refractivity (Wildman–Crippen MR) is 86.6 cm³/mol. The maximum atomic E-state index is 13.6. The first-order valence-corrected chi connectivity index (χ1v) is 7.72. The minimum Gasteiger partial charge on any atom is -0.489 e. The molecule has 1 aliphatic rings. The van der Waals surface area contributed by atoms with E-state index in [1.165, 1.54) is 19.2 Å². The summed E-state index contributed by atoms with van der Waals surface area (Å²) < 4.78 is 33.9. The fraction of sp³-hybridized carbons (Fsp3) is 0.412. The van der Waals surface area contributed by atoms with E-state index in [2.05, 4.69) is 14.8 Å². The third-order valence-corrected chi connectivity index (χ3v) is 3.53. The lowest BCUT2D eigenvalue weighted by atomic mass is 10.2. The number of carbonyl (C=O) groups is 2. The number of benzene rings is 1. The fourth-order valence-electron chi connectivity index (χ4n) is 2.26. The average Bonchev–Trinajstić information content (AvgIpc) is 3.13. The second-order valence-corrected chi connectivity index (χ2v) is 5.28. The van der Waals surface area contributed by atoms with E-state index in [0.717, 1.165) is 32.1 Å². The van der Waals surface area contributed by atoms with Crippen LogP contribution in [-0.2, 0) is 23.8 Å². The van der Waals surface area contributed by atoms with Crippen molar-refractivity contribution in [3.8, 4) is 5.75 Å². The molecular weight excluding hydrogens is 333 g/mol. The Morgan fingerprint density at radius 2 is 2.16 bits per heavy atom. The minimum atomic E-state index is -0.806. The summed E-state index contributed by atoms with van der Waals surface area (Å²) in [5.74, 6) is -1.78. The average molecular weight is 353 g/mol. The zero-order valence-electron chi connectivity index (χ0n) is 14.0. The number of rotatable bonds is 7. The smallest absolute Gasteiger partial charge is 0.354 e. The van der Waals surface area contributed by atoms with E-state index in [1.54, 1.807) is 0 Å². The van der Waals surface area contributed by atoms with Crippen LogP contribution in [0.15, 0.2) is 30.0 Å². The molecule has 1 heterocycles. The Morgan fingerprint density at radius 1 is 1.36 bits per heavy atom. The Balaban J connectivity index is 2.19. The van der Waals surface area contributed by atoms with E-state index < -0.39 is 17.8 Å². The molecule has 1 N–H and O–H groups in total. The first kappa shape index (κ1) is 18.7. The molecule has 0 bridgehead atoms. The zero-order valence-corrected chi connectivity index (χ0v) is 14.0. The Labute approximate surface area is 144 Å². The van der Waals surface area contributed by atoms with Gasteiger partial charge in [-0.25, -0.2) is 14.0 Å². The maximum Gasteiger partial charge on any atom is 0.354 e. The van der Waals surface area contributed by atoms with Crippen LogP contribution in [0.5, 0.6) is 5.75 Å². The highest BCUT2D eigenvalue weighted by Gasteiger charge is 2.19. The number of halogens is 1. The van der Waals surface area contributed by atoms with Gasteiger partial charge in [0.2, 0.25) is 0 Å². The van der Waals surface area contributed by atoms with Gasteiger partial charge in [-0.2, -0.15) is 0 Å². The molecule has 0 saturated carbocycles. The summed E-state index contributed by atoms with van der Waals surface area (Å²) in [5.41, 5.74) is -0.0273. The molecule has 1 aromatic rings. The quantitative estimate of drug-likeness (QED) is 0.593. The van der Waals surface area contributed by atoms with Gasteiger partial charge in [0.15, 0.2) is 0 Å². The molecule has 0 aromatic heterocycles. The Kier molecular flexibility index (Phi) is 6.76. The molecule has 1 aliphatic heterocycles. The van der Waals surface area contributed by atoms with Crippen molar-refractivity contribution in [1.29, 1.82) is 0 Å². The lowest BCUT2D eigenvalue weighted by Gasteiger charge is -2.16. The molecule has 25 heavy (non-hydrogen) atoms. The van der Waals surface area contributed by atoms with Crippen LogP contribution in [0.1, 0.15) is 12.8 Å². The molecule has 0 amide bonds. The predicted octanol–water partition coefficient (Wildman–Crippen LogP) is 2.03. The molecule has 7 nitrogen and oxygen atoms in total. The van der Waals surface area contributed by atoms with Crippen molar-refractivity contribution in [2.45, 2.75) is 18.9 Å². The third-order valence-electron chi connectivity index (χ3n) is 3.53. The number of methoxy groups -OCH3 is 2. The highest BCUT2D eigenvalue weighted by molar-refractivity contribution is 5.99. The molecule has 2 rings (SSSR count). The Hall–Kier alpha value is -2.61. The second kappa shape index (κ2) is 9.03.